The number of halogens is 1. The molecule has 0 bridgehead atoms. The summed E-state index contributed by atoms with van der Waals surface area (Å²) in [7, 11) is 1.50. The number of benzene rings is 4. The lowest BCUT2D eigenvalue weighted by Crippen LogP contribution is -1.76. The van der Waals surface area contributed by atoms with Gasteiger partial charge in [-0.15, -0.1) is 0 Å². The van der Waals surface area contributed by atoms with Gasteiger partial charge in [0.1, 0.15) is 0 Å². The highest BCUT2D eigenvalue weighted by Gasteiger charge is 1.93. The summed E-state index contributed by atoms with van der Waals surface area (Å²) in [5.74, 6) is 0. The molecule has 0 saturated heterocycles. The van der Waals surface area contributed by atoms with E-state index in [1.54, 1.807) is 0 Å². The summed E-state index contributed by atoms with van der Waals surface area (Å²) in [6.45, 7) is 6.26. The lowest BCUT2D eigenvalue weighted by atomic mass is 10.0. The molecule has 2 heteroatoms. The summed E-state index contributed by atoms with van der Waals surface area (Å²) in [6, 6.07) is 37.5. The molecule has 0 aliphatic heterocycles. The smallest absolute Gasteiger partial charge is 0.0177 e. The number of nitrogens with two attached hydrogens (primary N) is 1. The number of hydrogen-bond donors (Lipinski definition) is 1. The predicted molar refractivity (Wildman–Crippen MR) is 137 cm³/mol. The largest absolute Gasteiger partial charge is 0.333 e. The van der Waals surface area contributed by atoms with E-state index in [9.17, 15) is 0 Å². The van der Waals surface area contributed by atoms with Crippen LogP contribution >= 0.6 is 15.9 Å². The summed E-state index contributed by atoms with van der Waals surface area (Å²) in [5.41, 5.74) is 11.0. The van der Waals surface area contributed by atoms with Crippen molar-refractivity contribution in [1.29, 1.82) is 0 Å². The van der Waals surface area contributed by atoms with Crippen molar-refractivity contribution in [1.82, 2.24) is 0 Å². The van der Waals surface area contributed by atoms with Crippen LogP contribution in [0.25, 0.3) is 11.1 Å². The molecule has 4 rings (SSSR count). The van der Waals surface area contributed by atoms with Gasteiger partial charge in [-0.25, -0.2) is 0 Å². The third-order valence-electron chi connectivity index (χ3n) is 4.08. The fourth-order valence-corrected chi connectivity index (χ4v) is 3.03. The van der Waals surface area contributed by atoms with Crippen LogP contribution in [0.4, 0.5) is 0 Å². The first-order valence-electron chi connectivity index (χ1n) is 9.98. The van der Waals surface area contributed by atoms with E-state index in [0.29, 0.717) is 0 Å². The Balaban J connectivity index is 0.000000229. The summed E-state index contributed by atoms with van der Waals surface area (Å²) in [6.07, 6.45) is 0. The molecule has 0 aliphatic carbocycles. The highest BCUT2D eigenvalue weighted by Crippen LogP contribution is 2.18. The van der Waals surface area contributed by atoms with Gasteiger partial charge in [0.05, 0.1) is 0 Å². The molecule has 0 heterocycles. The van der Waals surface area contributed by atoms with Crippen LogP contribution in [0.15, 0.2) is 114 Å². The summed E-state index contributed by atoms with van der Waals surface area (Å²) in [5, 5.41) is 0. The van der Waals surface area contributed by atoms with Crippen LogP contribution in [-0.4, -0.2) is 7.05 Å². The SMILES string of the molecule is CN.Cc1ccc(-c2ccccc2)cc1.Cc1cccc(Br)c1.Cc1ccccc1. The molecule has 0 radical (unpaired) electrons. The molecular formula is C28H32BrN. The fourth-order valence-electron chi connectivity index (χ4n) is 2.52. The Hall–Kier alpha value is -2.68. The van der Waals surface area contributed by atoms with Crippen molar-refractivity contribution >= 4 is 15.9 Å². The molecule has 0 amide bonds. The second-order valence-corrected chi connectivity index (χ2v) is 7.60. The molecule has 1 nitrogen and oxygen atoms in total. The van der Waals surface area contributed by atoms with Crippen molar-refractivity contribution in [2.24, 2.45) is 5.73 Å². The van der Waals surface area contributed by atoms with Gasteiger partial charge in [-0.2, -0.15) is 0 Å². The first-order chi connectivity index (χ1) is 14.5. The predicted octanol–water partition coefficient (Wildman–Crippen LogP) is 7.99. The summed E-state index contributed by atoms with van der Waals surface area (Å²) < 4.78 is 1.15. The number of hydrogen-bond acceptors (Lipinski definition) is 1. The highest BCUT2D eigenvalue weighted by atomic mass is 79.9. The van der Waals surface area contributed by atoms with E-state index in [2.05, 4.69) is 115 Å². The van der Waals surface area contributed by atoms with Crippen LogP contribution in [-0.2, 0) is 0 Å². The minimum absolute atomic E-state index is 1.15. The Morgan fingerprint density at radius 3 is 1.30 bits per heavy atom. The number of aryl methyl sites for hydroxylation is 3. The minimum Gasteiger partial charge on any atom is -0.333 e. The van der Waals surface area contributed by atoms with Crippen LogP contribution in [0.2, 0.25) is 0 Å². The van der Waals surface area contributed by atoms with Gasteiger partial charge in [0.25, 0.3) is 0 Å². The summed E-state index contributed by atoms with van der Waals surface area (Å²) in [4.78, 5) is 0. The maximum Gasteiger partial charge on any atom is 0.0177 e. The van der Waals surface area contributed by atoms with E-state index in [1.165, 1.54) is 34.9 Å². The van der Waals surface area contributed by atoms with Crippen molar-refractivity contribution in [3.8, 4) is 11.1 Å². The third kappa shape index (κ3) is 10.8. The summed E-state index contributed by atoms with van der Waals surface area (Å²) >= 11 is 3.36. The average molecular weight is 462 g/mol. The lowest BCUT2D eigenvalue weighted by Gasteiger charge is -2.00. The van der Waals surface area contributed by atoms with E-state index in [1.807, 2.05) is 36.4 Å². The Kier molecular flexibility index (Phi) is 12.8. The van der Waals surface area contributed by atoms with E-state index in [4.69, 9.17) is 0 Å². The Morgan fingerprint density at radius 2 is 0.900 bits per heavy atom. The van der Waals surface area contributed by atoms with Crippen LogP contribution in [0, 0.1) is 20.8 Å². The van der Waals surface area contributed by atoms with Crippen molar-refractivity contribution in [2.75, 3.05) is 7.05 Å². The second-order valence-electron chi connectivity index (χ2n) is 6.69. The van der Waals surface area contributed by atoms with Crippen molar-refractivity contribution < 1.29 is 0 Å². The first-order valence-corrected chi connectivity index (χ1v) is 10.8. The van der Waals surface area contributed by atoms with Crippen molar-refractivity contribution in [2.45, 2.75) is 20.8 Å². The van der Waals surface area contributed by atoms with E-state index >= 15 is 0 Å². The lowest BCUT2D eigenvalue weighted by molar-refractivity contribution is 1.45. The zero-order valence-electron chi connectivity index (χ0n) is 18.3. The molecule has 2 N–H and O–H groups in total. The van der Waals surface area contributed by atoms with Crippen LogP contribution in [0.3, 0.4) is 0 Å². The molecule has 156 valence electrons. The van der Waals surface area contributed by atoms with Crippen LogP contribution in [0.5, 0.6) is 0 Å². The van der Waals surface area contributed by atoms with Gasteiger partial charge < -0.3 is 5.73 Å². The van der Waals surface area contributed by atoms with E-state index in [-0.39, 0.29) is 0 Å². The molecule has 0 spiro atoms. The van der Waals surface area contributed by atoms with Gasteiger partial charge >= 0.3 is 0 Å². The Labute approximate surface area is 190 Å². The molecule has 0 fully saturated rings. The Morgan fingerprint density at radius 1 is 0.467 bits per heavy atom. The third-order valence-corrected chi connectivity index (χ3v) is 4.57. The van der Waals surface area contributed by atoms with Crippen molar-refractivity contribution in [3.63, 3.8) is 0 Å². The van der Waals surface area contributed by atoms with Crippen molar-refractivity contribution in [3.05, 3.63) is 130 Å². The van der Waals surface area contributed by atoms with Gasteiger partial charge in [-0.3, -0.25) is 0 Å². The second kappa shape index (κ2) is 15.2. The van der Waals surface area contributed by atoms with Gasteiger partial charge in [0, 0.05) is 4.47 Å². The topological polar surface area (TPSA) is 26.0 Å². The molecule has 0 atom stereocenters. The monoisotopic (exact) mass is 461 g/mol. The van der Waals surface area contributed by atoms with Gasteiger partial charge in [0.15, 0.2) is 0 Å². The molecule has 0 aromatic heterocycles. The zero-order chi connectivity index (χ0) is 22.2. The maximum atomic E-state index is 4.50. The van der Waals surface area contributed by atoms with E-state index < -0.39 is 0 Å². The fraction of sp³-hybridized carbons (Fsp3) is 0.143. The van der Waals surface area contributed by atoms with Gasteiger partial charge in [0.2, 0.25) is 0 Å². The molecule has 30 heavy (non-hydrogen) atoms. The molecule has 0 unspecified atom stereocenters. The normalized spacial score (nSPS) is 9.00. The molecule has 4 aromatic carbocycles. The van der Waals surface area contributed by atoms with Crippen LogP contribution in [0.1, 0.15) is 16.7 Å². The quantitative estimate of drug-likeness (QED) is 0.305. The molecule has 0 aliphatic rings. The van der Waals surface area contributed by atoms with Gasteiger partial charge in [-0.05, 0) is 51.1 Å². The molecule has 4 aromatic rings. The maximum absolute atomic E-state index is 4.50. The Bertz CT molecular complexity index is 916. The number of rotatable bonds is 1. The minimum atomic E-state index is 1.15. The van der Waals surface area contributed by atoms with E-state index in [0.717, 1.165) is 4.47 Å². The van der Waals surface area contributed by atoms with Crippen LogP contribution < -0.4 is 5.73 Å². The van der Waals surface area contributed by atoms with Gasteiger partial charge in [-0.1, -0.05) is 130 Å². The average Bonchev–Trinajstić information content (AvgIpc) is 2.78. The molecular weight excluding hydrogens is 430 g/mol. The standard InChI is InChI=1S/C13H12.C7H7Br.C7H8.CH5N/c1-11-7-9-13(10-8-11)12-5-3-2-4-6-12;1-6-3-2-4-7(8)5-6;1-7-5-3-2-4-6-7;1-2/h2-10H,1H3;2-5H,1H3;2-6H,1H3;2H2,1H3. The first kappa shape index (κ1) is 25.4. The highest BCUT2D eigenvalue weighted by molar-refractivity contribution is 9.10. The zero-order valence-corrected chi connectivity index (χ0v) is 19.9. The molecule has 0 saturated carbocycles.